The highest BCUT2D eigenvalue weighted by atomic mass is 16.5. The third-order valence-corrected chi connectivity index (χ3v) is 4.04. The Kier molecular flexibility index (Phi) is 9.98. The van der Waals surface area contributed by atoms with Gasteiger partial charge in [-0.1, -0.05) is 64.7 Å². The van der Waals surface area contributed by atoms with Crippen LogP contribution in [0, 0.1) is 5.92 Å². The van der Waals surface area contributed by atoms with E-state index < -0.39 is 0 Å². The minimum absolute atomic E-state index is 0.465. The molecule has 0 fully saturated rings. The molecule has 2 atom stereocenters. The number of ether oxygens (including phenoxy) is 1. The van der Waals surface area contributed by atoms with Crippen LogP contribution in [0.3, 0.4) is 0 Å². The second-order valence-corrected chi connectivity index (χ2v) is 5.93. The molecule has 1 aromatic carbocycles. The molecule has 0 aliphatic rings. The lowest BCUT2D eigenvalue weighted by molar-refractivity contribution is 0.231. The molecule has 2 nitrogen and oxygen atoms in total. The molecular formula is C19H33NO. The van der Waals surface area contributed by atoms with E-state index in [1.165, 1.54) is 38.5 Å². The smallest absolute Gasteiger partial charge is 0.119 e. The van der Waals surface area contributed by atoms with Crippen LogP contribution in [0.4, 0.5) is 0 Å². The van der Waals surface area contributed by atoms with Crippen LogP contribution in [0.25, 0.3) is 0 Å². The summed E-state index contributed by atoms with van der Waals surface area (Å²) in [5, 5.41) is 3.66. The first kappa shape index (κ1) is 18.0. The van der Waals surface area contributed by atoms with Gasteiger partial charge in [-0.25, -0.2) is 0 Å². The Labute approximate surface area is 131 Å². The molecule has 0 spiro atoms. The minimum Gasteiger partial charge on any atom is -0.492 e. The lowest BCUT2D eigenvalue weighted by atomic mass is 9.92. The Balaban J connectivity index is 2.45. The summed E-state index contributed by atoms with van der Waals surface area (Å²) >= 11 is 0. The van der Waals surface area contributed by atoms with Gasteiger partial charge in [-0.05, 0) is 37.4 Å². The molecule has 0 aliphatic heterocycles. The maximum absolute atomic E-state index is 5.95. The molecule has 2 heteroatoms. The molecule has 0 aromatic heterocycles. The van der Waals surface area contributed by atoms with Gasteiger partial charge in [0.15, 0.2) is 0 Å². The van der Waals surface area contributed by atoms with Crippen molar-refractivity contribution < 1.29 is 4.74 Å². The normalized spacial score (nSPS) is 13.9. The van der Waals surface area contributed by atoms with E-state index in [2.05, 4.69) is 26.1 Å². The van der Waals surface area contributed by atoms with Crippen LogP contribution in [0.5, 0.6) is 5.75 Å². The largest absolute Gasteiger partial charge is 0.492 e. The van der Waals surface area contributed by atoms with E-state index in [0.29, 0.717) is 6.04 Å². The van der Waals surface area contributed by atoms with Crippen LogP contribution < -0.4 is 10.1 Å². The summed E-state index contributed by atoms with van der Waals surface area (Å²) in [7, 11) is 0. The summed E-state index contributed by atoms with van der Waals surface area (Å²) in [5.74, 6) is 1.79. The van der Waals surface area contributed by atoms with E-state index in [-0.39, 0.29) is 0 Å². The molecule has 0 bridgehead atoms. The molecule has 0 amide bonds. The third-order valence-electron chi connectivity index (χ3n) is 4.04. The number of hydrogen-bond donors (Lipinski definition) is 1. The zero-order chi connectivity index (χ0) is 15.3. The standard InChI is InChI=1S/C19H33NO/c1-4-7-11-17(6-3)15-18(20-14-5-2)16-21-19-12-9-8-10-13-19/h8-10,12-13,17-18,20H,4-7,11,14-16H2,1-3H3. The van der Waals surface area contributed by atoms with Crippen LogP contribution in [0.2, 0.25) is 0 Å². The fourth-order valence-corrected chi connectivity index (χ4v) is 2.66. The lowest BCUT2D eigenvalue weighted by Crippen LogP contribution is -2.37. The monoisotopic (exact) mass is 291 g/mol. The topological polar surface area (TPSA) is 21.3 Å². The first-order valence-corrected chi connectivity index (χ1v) is 8.71. The average Bonchev–Trinajstić information content (AvgIpc) is 2.54. The molecule has 0 heterocycles. The first-order chi connectivity index (χ1) is 10.3. The molecule has 1 N–H and O–H groups in total. The molecule has 1 aromatic rings. The van der Waals surface area contributed by atoms with Gasteiger partial charge in [0.25, 0.3) is 0 Å². The summed E-state index contributed by atoms with van der Waals surface area (Å²) in [4.78, 5) is 0. The van der Waals surface area contributed by atoms with Crippen molar-refractivity contribution in [1.82, 2.24) is 5.32 Å². The zero-order valence-corrected chi connectivity index (χ0v) is 14.1. The molecule has 21 heavy (non-hydrogen) atoms. The van der Waals surface area contributed by atoms with Gasteiger partial charge >= 0.3 is 0 Å². The molecular weight excluding hydrogens is 258 g/mol. The Morgan fingerprint density at radius 1 is 1.05 bits per heavy atom. The van der Waals surface area contributed by atoms with Crippen molar-refractivity contribution in [2.75, 3.05) is 13.2 Å². The van der Waals surface area contributed by atoms with Crippen LogP contribution in [-0.2, 0) is 0 Å². The molecule has 120 valence electrons. The second-order valence-electron chi connectivity index (χ2n) is 5.93. The maximum atomic E-state index is 5.95. The molecule has 0 aliphatic carbocycles. The fourth-order valence-electron chi connectivity index (χ4n) is 2.66. The summed E-state index contributed by atoms with van der Waals surface area (Å²) < 4.78 is 5.95. The Bertz CT molecular complexity index is 339. The van der Waals surface area contributed by atoms with Crippen molar-refractivity contribution in [2.24, 2.45) is 5.92 Å². The van der Waals surface area contributed by atoms with E-state index >= 15 is 0 Å². The van der Waals surface area contributed by atoms with E-state index in [1.807, 2.05) is 30.3 Å². The molecule has 1 rings (SSSR count). The van der Waals surface area contributed by atoms with Crippen molar-refractivity contribution in [3.63, 3.8) is 0 Å². The van der Waals surface area contributed by atoms with Crippen molar-refractivity contribution >= 4 is 0 Å². The van der Waals surface area contributed by atoms with Crippen molar-refractivity contribution in [3.8, 4) is 5.75 Å². The Morgan fingerprint density at radius 3 is 2.43 bits per heavy atom. The van der Waals surface area contributed by atoms with Gasteiger partial charge in [0, 0.05) is 6.04 Å². The Hall–Kier alpha value is -1.02. The minimum atomic E-state index is 0.465. The quantitative estimate of drug-likeness (QED) is 0.582. The summed E-state index contributed by atoms with van der Waals surface area (Å²) in [5.41, 5.74) is 0. The third kappa shape index (κ3) is 8.11. The zero-order valence-electron chi connectivity index (χ0n) is 14.1. The average molecular weight is 291 g/mol. The van der Waals surface area contributed by atoms with Gasteiger partial charge in [0.1, 0.15) is 12.4 Å². The molecule has 0 saturated heterocycles. The van der Waals surface area contributed by atoms with Crippen LogP contribution in [0.15, 0.2) is 30.3 Å². The van der Waals surface area contributed by atoms with E-state index in [9.17, 15) is 0 Å². The van der Waals surface area contributed by atoms with Gasteiger partial charge in [-0.3, -0.25) is 0 Å². The summed E-state index contributed by atoms with van der Waals surface area (Å²) in [6.07, 6.45) is 7.66. The fraction of sp³-hybridized carbons (Fsp3) is 0.684. The van der Waals surface area contributed by atoms with Crippen LogP contribution >= 0.6 is 0 Å². The van der Waals surface area contributed by atoms with Crippen LogP contribution in [-0.4, -0.2) is 19.2 Å². The van der Waals surface area contributed by atoms with Crippen molar-refractivity contribution in [3.05, 3.63) is 30.3 Å². The predicted molar refractivity (Wildman–Crippen MR) is 91.9 cm³/mol. The van der Waals surface area contributed by atoms with E-state index in [0.717, 1.165) is 24.8 Å². The number of nitrogens with one attached hydrogen (secondary N) is 1. The molecule has 2 unspecified atom stereocenters. The predicted octanol–water partition coefficient (Wildman–Crippen LogP) is 5.04. The SMILES string of the molecule is CCCCC(CC)CC(COc1ccccc1)NCCC. The van der Waals surface area contributed by atoms with E-state index in [1.54, 1.807) is 0 Å². The lowest BCUT2D eigenvalue weighted by Gasteiger charge is -2.24. The Morgan fingerprint density at radius 2 is 1.81 bits per heavy atom. The summed E-state index contributed by atoms with van der Waals surface area (Å²) in [6, 6.07) is 10.6. The number of hydrogen-bond acceptors (Lipinski definition) is 2. The highest BCUT2D eigenvalue weighted by Gasteiger charge is 2.15. The van der Waals surface area contributed by atoms with Gasteiger partial charge in [0.05, 0.1) is 0 Å². The maximum Gasteiger partial charge on any atom is 0.119 e. The van der Waals surface area contributed by atoms with Gasteiger partial charge in [0.2, 0.25) is 0 Å². The van der Waals surface area contributed by atoms with Gasteiger partial charge in [-0.2, -0.15) is 0 Å². The second kappa shape index (κ2) is 11.6. The number of unbranched alkanes of at least 4 members (excludes halogenated alkanes) is 1. The van der Waals surface area contributed by atoms with Gasteiger partial charge in [-0.15, -0.1) is 0 Å². The van der Waals surface area contributed by atoms with Crippen molar-refractivity contribution in [2.45, 2.75) is 65.3 Å². The molecule has 0 saturated carbocycles. The number of benzene rings is 1. The van der Waals surface area contributed by atoms with Crippen LogP contribution in [0.1, 0.15) is 59.3 Å². The van der Waals surface area contributed by atoms with Crippen molar-refractivity contribution in [1.29, 1.82) is 0 Å². The molecule has 0 radical (unpaired) electrons. The first-order valence-electron chi connectivity index (χ1n) is 8.71. The number of para-hydroxylation sites is 1. The summed E-state index contributed by atoms with van der Waals surface area (Å²) in [6.45, 7) is 8.66. The highest BCUT2D eigenvalue weighted by molar-refractivity contribution is 5.20. The van der Waals surface area contributed by atoms with E-state index in [4.69, 9.17) is 4.74 Å². The number of rotatable bonds is 12. The van der Waals surface area contributed by atoms with Gasteiger partial charge < -0.3 is 10.1 Å². The highest BCUT2D eigenvalue weighted by Crippen LogP contribution is 2.19.